The van der Waals surface area contributed by atoms with Crippen LogP contribution in [0.25, 0.3) is 0 Å². The van der Waals surface area contributed by atoms with E-state index in [2.05, 4.69) is 10.1 Å². The zero-order valence-electron chi connectivity index (χ0n) is 8.19. The van der Waals surface area contributed by atoms with Gasteiger partial charge in [-0.25, -0.2) is 0 Å². The Labute approximate surface area is 87.2 Å². The third kappa shape index (κ3) is 1.63. The molecule has 2 aromatic heterocycles. The number of H-pyrrole nitrogens is 1. The minimum absolute atomic E-state index is 0.744. The molecular formula is C9H12N4S. The van der Waals surface area contributed by atoms with E-state index in [0.29, 0.717) is 0 Å². The smallest absolute Gasteiger partial charge is 0.177 e. The van der Waals surface area contributed by atoms with Crippen LogP contribution in [-0.2, 0) is 13.6 Å². The highest BCUT2D eigenvalue weighted by Gasteiger charge is 2.03. The quantitative estimate of drug-likeness (QED) is 0.762. The summed E-state index contributed by atoms with van der Waals surface area (Å²) < 4.78 is 4.55. The van der Waals surface area contributed by atoms with Crippen molar-refractivity contribution in [3.05, 3.63) is 34.6 Å². The molecule has 0 aliphatic heterocycles. The van der Waals surface area contributed by atoms with Crippen LogP contribution in [0.15, 0.2) is 18.6 Å². The Morgan fingerprint density at radius 2 is 2.36 bits per heavy atom. The van der Waals surface area contributed by atoms with Crippen LogP contribution < -0.4 is 0 Å². The number of aromatic amines is 1. The molecule has 0 radical (unpaired) electrons. The van der Waals surface area contributed by atoms with Crippen molar-refractivity contribution in [3.8, 4) is 0 Å². The average Bonchev–Trinajstić information content (AvgIpc) is 2.62. The molecule has 0 spiro atoms. The monoisotopic (exact) mass is 208 g/mol. The highest BCUT2D eigenvalue weighted by molar-refractivity contribution is 7.71. The van der Waals surface area contributed by atoms with E-state index in [0.717, 1.165) is 17.0 Å². The lowest BCUT2D eigenvalue weighted by atomic mass is 10.3. The van der Waals surface area contributed by atoms with E-state index in [-0.39, 0.29) is 0 Å². The van der Waals surface area contributed by atoms with Crippen molar-refractivity contribution < 1.29 is 0 Å². The van der Waals surface area contributed by atoms with Gasteiger partial charge in [-0.1, -0.05) is 0 Å². The van der Waals surface area contributed by atoms with Crippen LogP contribution in [0.1, 0.15) is 11.3 Å². The van der Waals surface area contributed by atoms with E-state index in [9.17, 15) is 0 Å². The fourth-order valence-electron chi connectivity index (χ4n) is 1.46. The molecule has 5 heteroatoms. The van der Waals surface area contributed by atoms with Crippen molar-refractivity contribution in [2.24, 2.45) is 7.05 Å². The van der Waals surface area contributed by atoms with Crippen molar-refractivity contribution in [1.29, 1.82) is 0 Å². The molecule has 0 unspecified atom stereocenters. The number of nitrogens with one attached hydrogen (secondary N) is 1. The van der Waals surface area contributed by atoms with Gasteiger partial charge < -0.3 is 9.55 Å². The predicted molar refractivity (Wildman–Crippen MR) is 56.7 cm³/mol. The van der Waals surface area contributed by atoms with Gasteiger partial charge in [-0.05, 0) is 19.1 Å². The molecule has 0 amide bonds. The van der Waals surface area contributed by atoms with Gasteiger partial charge in [-0.3, -0.25) is 4.68 Å². The Balaban J connectivity index is 2.31. The Kier molecular flexibility index (Phi) is 2.25. The number of aryl methyl sites for hydroxylation is 2. The molecule has 0 saturated heterocycles. The Morgan fingerprint density at radius 3 is 2.86 bits per heavy atom. The lowest BCUT2D eigenvalue weighted by molar-refractivity contribution is 0.755. The molecule has 14 heavy (non-hydrogen) atoms. The van der Waals surface area contributed by atoms with E-state index in [1.807, 2.05) is 41.8 Å². The first-order valence-electron chi connectivity index (χ1n) is 4.40. The van der Waals surface area contributed by atoms with Crippen LogP contribution in [0.3, 0.4) is 0 Å². The van der Waals surface area contributed by atoms with E-state index >= 15 is 0 Å². The topological polar surface area (TPSA) is 38.5 Å². The van der Waals surface area contributed by atoms with Gasteiger partial charge >= 0.3 is 0 Å². The maximum atomic E-state index is 5.11. The molecule has 2 heterocycles. The summed E-state index contributed by atoms with van der Waals surface area (Å²) in [6, 6.07) is 0. The summed E-state index contributed by atoms with van der Waals surface area (Å²) in [7, 11) is 1.92. The largest absolute Gasteiger partial charge is 0.337 e. The number of hydrogen-bond donors (Lipinski definition) is 1. The van der Waals surface area contributed by atoms with E-state index < -0.39 is 0 Å². The average molecular weight is 208 g/mol. The van der Waals surface area contributed by atoms with Crippen molar-refractivity contribution in [2.45, 2.75) is 13.5 Å². The Bertz CT molecular complexity index is 491. The zero-order valence-corrected chi connectivity index (χ0v) is 9.01. The summed E-state index contributed by atoms with van der Waals surface area (Å²) >= 11 is 5.11. The van der Waals surface area contributed by atoms with Crippen molar-refractivity contribution in [3.63, 3.8) is 0 Å². The SMILES string of the molecule is Cc1nn(C)cc1Cn1cc[nH]c1=S. The molecule has 0 aromatic carbocycles. The van der Waals surface area contributed by atoms with Crippen molar-refractivity contribution in [2.75, 3.05) is 0 Å². The maximum Gasteiger partial charge on any atom is 0.177 e. The third-order valence-electron chi connectivity index (χ3n) is 2.18. The molecule has 0 saturated carbocycles. The van der Waals surface area contributed by atoms with Gasteiger partial charge in [-0.15, -0.1) is 0 Å². The zero-order chi connectivity index (χ0) is 10.1. The first-order valence-corrected chi connectivity index (χ1v) is 4.80. The second-order valence-electron chi connectivity index (χ2n) is 3.31. The molecule has 4 nitrogen and oxygen atoms in total. The van der Waals surface area contributed by atoms with Gasteiger partial charge in [0.15, 0.2) is 4.77 Å². The van der Waals surface area contributed by atoms with Gasteiger partial charge in [0.05, 0.1) is 12.2 Å². The van der Waals surface area contributed by atoms with E-state index in [4.69, 9.17) is 12.2 Å². The summed E-state index contributed by atoms with van der Waals surface area (Å²) in [4.78, 5) is 2.97. The summed E-state index contributed by atoms with van der Waals surface area (Å²) in [5, 5.41) is 4.28. The lowest BCUT2D eigenvalue weighted by Crippen LogP contribution is -1.98. The highest BCUT2D eigenvalue weighted by Crippen LogP contribution is 2.07. The first-order chi connectivity index (χ1) is 6.66. The fraction of sp³-hybridized carbons (Fsp3) is 0.333. The van der Waals surface area contributed by atoms with Crippen LogP contribution in [0.4, 0.5) is 0 Å². The molecule has 0 aliphatic rings. The van der Waals surface area contributed by atoms with Crippen molar-refractivity contribution in [1.82, 2.24) is 19.3 Å². The molecule has 0 atom stereocenters. The van der Waals surface area contributed by atoms with Crippen molar-refractivity contribution >= 4 is 12.2 Å². The standard InChI is InChI=1S/C9H12N4S/c1-7-8(5-12(2)11-7)6-13-4-3-10-9(13)14/h3-5H,6H2,1-2H3,(H,10,14). The summed E-state index contributed by atoms with van der Waals surface area (Å²) in [5.74, 6) is 0. The van der Waals surface area contributed by atoms with Crippen LogP contribution in [-0.4, -0.2) is 19.3 Å². The normalized spacial score (nSPS) is 10.7. The minimum Gasteiger partial charge on any atom is -0.337 e. The van der Waals surface area contributed by atoms with Crippen LogP contribution in [0.5, 0.6) is 0 Å². The summed E-state index contributed by atoms with van der Waals surface area (Å²) in [5.41, 5.74) is 2.25. The van der Waals surface area contributed by atoms with Gasteiger partial charge in [0.2, 0.25) is 0 Å². The second-order valence-corrected chi connectivity index (χ2v) is 3.69. The molecule has 2 rings (SSSR count). The Hall–Kier alpha value is -1.36. The summed E-state index contributed by atoms with van der Waals surface area (Å²) in [6.45, 7) is 2.79. The molecule has 1 N–H and O–H groups in total. The maximum absolute atomic E-state index is 5.11. The molecular weight excluding hydrogens is 196 g/mol. The molecule has 74 valence electrons. The van der Waals surface area contributed by atoms with E-state index in [1.54, 1.807) is 0 Å². The number of imidazole rings is 1. The van der Waals surface area contributed by atoms with Gasteiger partial charge in [0.1, 0.15) is 0 Å². The minimum atomic E-state index is 0.744. The predicted octanol–water partition coefficient (Wildman–Crippen LogP) is 1.64. The van der Waals surface area contributed by atoms with E-state index in [1.165, 1.54) is 5.56 Å². The molecule has 0 aliphatic carbocycles. The first kappa shape index (κ1) is 9.21. The fourth-order valence-corrected chi connectivity index (χ4v) is 1.65. The van der Waals surface area contributed by atoms with Gasteiger partial charge in [0, 0.05) is 31.2 Å². The van der Waals surface area contributed by atoms with Crippen LogP contribution >= 0.6 is 12.2 Å². The number of hydrogen-bond acceptors (Lipinski definition) is 2. The Morgan fingerprint density at radius 1 is 1.57 bits per heavy atom. The number of rotatable bonds is 2. The molecule has 2 aromatic rings. The van der Waals surface area contributed by atoms with Crippen LogP contribution in [0, 0.1) is 11.7 Å². The number of aromatic nitrogens is 4. The highest BCUT2D eigenvalue weighted by atomic mass is 32.1. The molecule has 0 bridgehead atoms. The third-order valence-corrected chi connectivity index (χ3v) is 2.53. The molecule has 0 fully saturated rings. The lowest BCUT2D eigenvalue weighted by Gasteiger charge is -1.99. The summed E-state index contributed by atoms with van der Waals surface area (Å²) in [6.07, 6.45) is 5.80. The number of nitrogens with zero attached hydrogens (tertiary/aromatic N) is 3. The van der Waals surface area contributed by atoms with Gasteiger partial charge in [-0.2, -0.15) is 5.10 Å². The van der Waals surface area contributed by atoms with Crippen LogP contribution in [0.2, 0.25) is 0 Å². The second kappa shape index (κ2) is 3.42. The van der Waals surface area contributed by atoms with Gasteiger partial charge in [0.25, 0.3) is 0 Å².